The molecule has 7 heteroatoms. The third-order valence-electron chi connectivity index (χ3n) is 7.71. The highest BCUT2D eigenvalue weighted by atomic mass is 16.2. The molecule has 1 aromatic rings. The number of amides is 3. The summed E-state index contributed by atoms with van der Waals surface area (Å²) in [5, 5.41) is 2.36. The molecule has 1 saturated carbocycles. The van der Waals surface area contributed by atoms with Crippen LogP contribution in [0.3, 0.4) is 0 Å². The highest BCUT2D eigenvalue weighted by Gasteiger charge is 2.39. The maximum atomic E-state index is 12.9. The number of rotatable bonds is 7. The van der Waals surface area contributed by atoms with E-state index in [1.54, 1.807) is 4.90 Å². The molecule has 3 amide bonds. The first-order chi connectivity index (χ1) is 15.4. The van der Waals surface area contributed by atoms with Gasteiger partial charge in [0.2, 0.25) is 11.8 Å². The van der Waals surface area contributed by atoms with Gasteiger partial charge in [0.05, 0.1) is 0 Å². The second-order valence-corrected chi connectivity index (χ2v) is 9.93. The number of carbonyl (C=O) groups is 3. The highest BCUT2D eigenvalue weighted by molar-refractivity contribution is 6.05. The summed E-state index contributed by atoms with van der Waals surface area (Å²) in [6.07, 6.45) is 5.36. The predicted octanol–water partition coefficient (Wildman–Crippen LogP) is 2.42. The second-order valence-electron chi connectivity index (χ2n) is 9.93. The molecule has 0 radical (unpaired) electrons. The quantitative estimate of drug-likeness (QED) is 0.635. The molecule has 4 unspecified atom stereocenters. The Hall–Kier alpha value is -2.25. The fourth-order valence-electron chi connectivity index (χ4n) is 5.50. The number of nitrogens with one attached hydrogen (secondary N) is 1. The Balaban J connectivity index is 1.47. The zero-order valence-electron chi connectivity index (χ0n) is 19.3. The number of imide groups is 1. The van der Waals surface area contributed by atoms with Crippen molar-refractivity contribution < 1.29 is 14.4 Å². The monoisotopic (exact) mass is 440 g/mol. The van der Waals surface area contributed by atoms with Gasteiger partial charge in [0.25, 0.3) is 5.91 Å². The van der Waals surface area contributed by atoms with Gasteiger partial charge in [-0.05, 0) is 74.2 Å². The van der Waals surface area contributed by atoms with E-state index in [9.17, 15) is 14.4 Å². The summed E-state index contributed by atoms with van der Waals surface area (Å²) in [6, 6.07) is 6.09. The molecule has 2 fully saturated rings. The van der Waals surface area contributed by atoms with Crippen molar-refractivity contribution in [3.8, 4) is 0 Å². The summed E-state index contributed by atoms with van der Waals surface area (Å²) in [6.45, 7) is 7.68. The molecule has 3 N–H and O–H groups in total. The van der Waals surface area contributed by atoms with E-state index < -0.39 is 6.04 Å². The van der Waals surface area contributed by atoms with Gasteiger partial charge in [-0.2, -0.15) is 0 Å². The van der Waals surface area contributed by atoms with Crippen LogP contribution in [0, 0.1) is 11.8 Å². The average molecular weight is 441 g/mol. The summed E-state index contributed by atoms with van der Waals surface area (Å²) in [7, 11) is 0. The maximum absolute atomic E-state index is 12.9. The summed E-state index contributed by atoms with van der Waals surface area (Å²) < 4.78 is 0. The third-order valence-corrected chi connectivity index (χ3v) is 7.71. The Morgan fingerprint density at radius 1 is 1.12 bits per heavy atom. The predicted molar refractivity (Wildman–Crippen MR) is 123 cm³/mol. The van der Waals surface area contributed by atoms with Crippen LogP contribution in [0.15, 0.2) is 18.2 Å². The molecule has 0 aromatic heterocycles. The number of carbonyl (C=O) groups excluding carboxylic acids is 3. The first kappa shape index (κ1) is 22.9. The van der Waals surface area contributed by atoms with Gasteiger partial charge in [-0.25, -0.2) is 0 Å². The van der Waals surface area contributed by atoms with Gasteiger partial charge in [-0.3, -0.25) is 24.6 Å². The molecule has 1 saturated heterocycles. The first-order valence-corrected chi connectivity index (χ1v) is 12.1. The molecule has 7 nitrogen and oxygen atoms in total. The SMILES string of the molecule is CC1CCC(N(CCCN)Cc2ccc3c(c2)CN(C2CCC(=O)NC2=O)C3=O)CC1C. The minimum absolute atomic E-state index is 0.115. The Morgan fingerprint density at radius 2 is 1.94 bits per heavy atom. The molecule has 174 valence electrons. The van der Waals surface area contributed by atoms with Crippen LogP contribution in [0.2, 0.25) is 0 Å². The van der Waals surface area contributed by atoms with E-state index in [0.29, 0.717) is 31.1 Å². The summed E-state index contributed by atoms with van der Waals surface area (Å²) >= 11 is 0. The lowest BCUT2D eigenvalue weighted by atomic mass is 9.78. The largest absolute Gasteiger partial charge is 0.330 e. The van der Waals surface area contributed by atoms with Crippen molar-refractivity contribution in [2.45, 2.75) is 77.5 Å². The number of hydrogen-bond acceptors (Lipinski definition) is 5. The van der Waals surface area contributed by atoms with Gasteiger partial charge < -0.3 is 10.6 Å². The van der Waals surface area contributed by atoms with Gasteiger partial charge >= 0.3 is 0 Å². The standard InChI is InChI=1S/C25H36N4O3/c1-16-4-6-20(12-17(16)2)28(11-3-10-26)14-18-5-7-21-19(13-18)15-29(25(21)32)22-8-9-23(30)27-24(22)31/h5,7,13,16-17,20,22H,3-4,6,8-12,14-15,26H2,1-2H3,(H,27,30,31). The Labute approximate surface area is 190 Å². The molecule has 4 atom stereocenters. The zero-order valence-corrected chi connectivity index (χ0v) is 19.3. The number of nitrogens with two attached hydrogens (primary N) is 1. The Kier molecular flexibility index (Phi) is 6.96. The number of benzene rings is 1. The lowest BCUT2D eigenvalue weighted by Crippen LogP contribution is -2.52. The molecule has 0 bridgehead atoms. The van der Waals surface area contributed by atoms with Crippen LogP contribution in [-0.4, -0.2) is 52.7 Å². The van der Waals surface area contributed by atoms with E-state index in [-0.39, 0.29) is 24.1 Å². The van der Waals surface area contributed by atoms with Gasteiger partial charge in [0.15, 0.2) is 0 Å². The topological polar surface area (TPSA) is 95.7 Å². The van der Waals surface area contributed by atoms with Gasteiger partial charge in [0.1, 0.15) is 6.04 Å². The van der Waals surface area contributed by atoms with Crippen molar-refractivity contribution in [3.63, 3.8) is 0 Å². The first-order valence-electron chi connectivity index (χ1n) is 12.1. The summed E-state index contributed by atoms with van der Waals surface area (Å²) in [5.74, 6) is 0.773. The van der Waals surface area contributed by atoms with Crippen molar-refractivity contribution >= 4 is 17.7 Å². The highest BCUT2D eigenvalue weighted by Crippen LogP contribution is 2.33. The molecule has 2 aliphatic heterocycles. The minimum Gasteiger partial charge on any atom is -0.330 e. The van der Waals surface area contributed by atoms with Crippen LogP contribution in [0.1, 0.15) is 73.9 Å². The molecule has 32 heavy (non-hydrogen) atoms. The second kappa shape index (κ2) is 9.71. The lowest BCUT2D eigenvalue weighted by Gasteiger charge is -2.39. The normalized spacial score (nSPS) is 28.2. The maximum Gasteiger partial charge on any atom is 0.255 e. The lowest BCUT2D eigenvalue weighted by molar-refractivity contribution is -0.136. The summed E-state index contributed by atoms with van der Waals surface area (Å²) in [5.41, 5.74) is 8.67. The van der Waals surface area contributed by atoms with E-state index in [4.69, 9.17) is 5.73 Å². The Morgan fingerprint density at radius 3 is 2.66 bits per heavy atom. The van der Waals surface area contributed by atoms with Crippen LogP contribution >= 0.6 is 0 Å². The molecule has 2 heterocycles. The van der Waals surface area contributed by atoms with Crippen molar-refractivity contribution in [3.05, 3.63) is 34.9 Å². The van der Waals surface area contributed by atoms with E-state index >= 15 is 0 Å². The Bertz CT molecular complexity index is 886. The molecule has 3 aliphatic rings. The van der Waals surface area contributed by atoms with Crippen LogP contribution in [0.4, 0.5) is 0 Å². The van der Waals surface area contributed by atoms with Crippen molar-refractivity contribution in [1.82, 2.24) is 15.1 Å². The third kappa shape index (κ3) is 4.74. The van der Waals surface area contributed by atoms with Gasteiger partial charge in [-0.1, -0.05) is 26.0 Å². The van der Waals surface area contributed by atoms with E-state index in [0.717, 1.165) is 36.9 Å². The molecule has 1 aromatic carbocycles. The molecular formula is C25H36N4O3. The van der Waals surface area contributed by atoms with Crippen LogP contribution < -0.4 is 11.1 Å². The smallest absolute Gasteiger partial charge is 0.255 e. The zero-order chi connectivity index (χ0) is 22.8. The van der Waals surface area contributed by atoms with Crippen LogP contribution in [0.25, 0.3) is 0 Å². The fourth-order valence-corrected chi connectivity index (χ4v) is 5.50. The average Bonchev–Trinajstić information content (AvgIpc) is 3.08. The number of piperidine rings is 1. The van der Waals surface area contributed by atoms with Crippen molar-refractivity contribution in [2.24, 2.45) is 17.6 Å². The van der Waals surface area contributed by atoms with E-state index in [1.165, 1.54) is 24.8 Å². The minimum atomic E-state index is -0.567. The van der Waals surface area contributed by atoms with Crippen LogP contribution in [0.5, 0.6) is 0 Å². The molecule has 1 aliphatic carbocycles. The number of nitrogens with zero attached hydrogens (tertiary/aromatic N) is 2. The molecule has 4 rings (SSSR count). The van der Waals surface area contributed by atoms with Crippen molar-refractivity contribution in [1.29, 1.82) is 0 Å². The van der Waals surface area contributed by atoms with Gasteiger partial charge in [-0.15, -0.1) is 0 Å². The fraction of sp³-hybridized carbons (Fsp3) is 0.640. The van der Waals surface area contributed by atoms with E-state index in [1.807, 2.05) is 6.07 Å². The van der Waals surface area contributed by atoms with Gasteiger partial charge in [0, 0.05) is 31.1 Å². The van der Waals surface area contributed by atoms with Crippen LogP contribution in [-0.2, 0) is 22.7 Å². The van der Waals surface area contributed by atoms with E-state index in [2.05, 4.69) is 36.2 Å². The summed E-state index contributed by atoms with van der Waals surface area (Å²) in [4.78, 5) is 40.9. The number of hydrogen-bond donors (Lipinski definition) is 2. The number of fused-ring (bicyclic) bond motifs is 1. The molecule has 0 spiro atoms. The molecular weight excluding hydrogens is 404 g/mol. The van der Waals surface area contributed by atoms with Crippen molar-refractivity contribution in [2.75, 3.05) is 13.1 Å².